The van der Waals surface area contributed by atoms with Gasteiger partial charge in [0.15, 0.2) is 5.82 Å². The fraction of sp³-hybridized carbons (Fsp3) is 0.200. The topological polar surface area (TPSA) is 51.2 Å². The van der Waals surface area contributed by atoms with Gasteiger partial charge in [-0.2, -0.15) is 0 Å². The van der Waals surface area contributed by atoms with Gasteiger partial charge in [-0.15, -0.1) is 0 Å². The number of benzene rings is 1. The summed E-state index contributed by atoms with van der Waals surface area (Å²) in [7, 11) is 0. The third-order valence-corrected chi connectivity index (χ3v) is 2.61. The molecule has 1 N–H and O–H groups in total. The molecule has 0 aliphatic heterocycles. The highest BCUT2D eigenvalue weighted by atomic mass is 19.1. The van der Waals surface area contributed by atoms with Crippen LogP contribution in [0.1, 0.15) is 23.7 Å². The first-order valence-electron chi connectivity index (χ1n) is 6.35. The van der Waals surface area contributed by atoms with Crippen LogP contribution in [-0.4, -0.2) is 17.5 Å². The van der Waals surface area contributed by atoms with Gasteiger partial charge in [-0.05, 0) is 24.6 Å². The largest absolute Gasteiger partial charge is 0.491 e. The summed E-state index contributed by atoms with van der Waals surface area (Å²) in [5.41, 5.74) is 0.465. The van der Waals surface area contributed by atoms with Crippen LogP contribution in [0.3, 0.4) is 0 Å². The lowest BCUT2D eigenvalue weighted by molar-refractivity contribution is 0.102. The summed E-state index contributed by atoms with van der Waals surface area (Å²) in [6, 6.07) is 8.39. The van der Waals surface area contributed by atoms with Crippen LogP contribution in [0, 0.1) is 5.82 Å². The van der Waals surface area contributed by atoms with Gasteiger partial charge in [-0.3, -0.25) is 9.78 Å². The van der Waals surface area contributed by atoms with Gasteiger partial charge in [0.1, 0.15) is 5.75 Å². The van der Waals surface area contributed by atoms with Crippen molar-refractivity contribution in [2.75, 3.05) is 11.9 Å². The van der Waals surface area contributed by atoms with Crippen molar-refractivity contribution in [2.24, 2.45) is 0 Å². The molecule has 104 valence electrons. The van der Waals surface area contributed by atoms with Crippen molar-refractivity contribution in [1.29, 1.82) is 0 Å². The molecule has 1 amide bonds. The molecule has 0 saturated carbocycles. The van der Waals surface area contributed by atoms with E-state index in [1.54, 1.807) is 18.2 Å². The predicted octanol–water partition coefficient (Wildman–Crippen LogP) is 3.26. The van der Waals surface area contributed by atoms with Crippen LogP contribution in [0.2, 0.25) is 0 Å². The van der Waals surface area contributed by atoms with Gasteiger partial charge in [-0.1, -0.05) is 19.1 Å². The Hall–Kier alpha value is -2.43. The molecule has 1 aromatic carbocycles. The van der Waals surface area contributed by atoms with E-state index < -0.39 is 11.7 Å². The van der Waals surface area contributed by atoms with Gasteiger partial charge >= 0.3 is 0 Å². The average Bonchev–Trinajstić information content (AvgIpc) is 2.46. The number of anilines is 1. The van der Waals surface area contributed by atoms with Crippen LogP contribution in [0.25, 0.3) is 0 Å². The van der Waals surface area contributed by atoms with Crippen LogP contribution >= 0.6 is 0 Å². The van der Waals surface area contributed by atoms with Crippen molar-refractivity contribution >= 4 is 11.6 Å². The zero-order valence-electron chi connectivity index (χ0n) is 11.1. The number of halogens is 1. The van der Waals surface area contributed by atoms with E-state index in [1.165, 1.54) is 12.3 Å². The molecule has 2 aromatic rings. The Morgan fingerprint density at radius 2 is 2.15 bits per heavy atom. The summed E-state index contributed by atoms with van der Waals surface area (Å²) < 4.78 is 19.0. The lowest BCUT2D eigenvalue weighted by Gasteiger charge is -2.12. The van der Waals surface area contributed by atoms with Crippen LogP contribution in [0.4, 0.5) is 10.1 Å². The third kappa shape index (κ3) is 3.32. The number of nitrogens with zero attached hydrogens (tertiary/aromatic N) is 1. The number of pyridine rings is 1. The quantitative estimate of drug-likeness (QED) is 0.910. The van der Waals surface area contributed by atoms with E-state index in [-0.39, 0.29) is 5.56 Å². The Morgan fingerprint density at radius 1 is 1.35 bits per heavy atom. The Morgan fingerprint density at radius 3 is 2.90 bits per heavy atom. The molecule has 20 heavy (non-hydrogen) atoms. The summed E-state index contributed by atoms with van der Waals surface area (Å²) in [4.78, 5) is 15.6. The molecule has 0 aliphatic carbocycles. The van der Waals surface area contributed by atoms with Crippen molar-refractivity contribution < 1.29 is 13.9 Å². The fourth-order valence-corrected chi connectivity index (χ4v) is 1.66. The minimum absolute atomic E-state index is 0.0507. The maximum atomic E-state index is 13.5. The molecule has 2 rings (SSSR count). The highest BCUT2D eigenvalue weighted by Crippen LogP contribution is 2.24. The zero-order chi connectivity index (χ0) is 14.4. The van der Waals surface area contributed by atoms with E-state index in [1.807, 2.05) is 13.0 Å². The van der Waals surface area contributed by atoms with Crippen LogP contribution < -0.4 is 10.1 Å². The second-order valence-electron chi connectivity index (χ2n) is 4.15. The number of rotatable bonds is 5. The molecule has 0 saturated heterocycles. The summed E-state index contributed by atoms with van der Waals surface area (Å²) in [5, 5.41) is 2.64. The van der Waals surface area contributed by atoms with Crippen molar-refractivity contribution in [3.05, 3.63) is 54.1 Å². The lowest BCUT2D eigenvalue weighted by Crippen LogP contribution is -2.14. The van der Waals surface area contributed by atoms with Gasteiger partial charge in [0.2, 0.25) is 0 Å². The normalized spacial score (nSPS) is 10.1. The van der Waals surface area contributed by atoms with E-state index in [0.29, 0.717) is 18.0 Å². The fourth-order valence-electron chi connectivity index (χ4n) is 1.66. The summed E-state index contributed by atoms with van der Waals surface area (Å²) in [6.07, 6.45) is 3.24. The molecule has 0 atom stereocenters. The van der Waals surface area contributed by atoms with E-state index in [2.05, 4.69) is 10.3 Å². The van der Waals surface area contributed by atoms with Crippen LogP contribution in [0.15, 0.2) is 42.7 Å². The van der Waals surface area contributed by atoms with E-state index >= 15 is 0 Å². The Bertz CT molecular complexity index is 602. The second-order valence-corrected chi connectivity index (χ2v) is 4.15. The number of hydrogen-bond acceptors (Lipinski definition) is 3. The van der Waals surface area contributed by atoms with E-state index in [9.17, 15) is 9.18 Å². The molecule has 0 bridgehead atoms. The van der Waals surface area contributed by atoms with Gasteiger partial charge in [-0.25, -0.2) is 4.39 Å². The number of hydrogen-bond donors (Lipinski definition) is 1. The molecule has 0 spiro atoms. The molecule has 5 heteroatoms. The molecular formula is C15H15FN2O2. The van der Waals surface area contributed by atoms with Crippen molar-refractivity contribution in [3.63, 3.8) is 0 Å². The summed E-state index contributed by atoms with van der Waals surface area (Å²) in [5.74, 6) is -0.619. The number of aromatic nitrogens is 1. The predicted molar refractivity (Wildman–Crippen MR) is 74.4 cm³/mol. The van der Waals surface area contributed by atoms with Gasteiger partial charge in [0.25, 0.3) is 5.91 Å². The van der Waals surface area contributed by atoms with Crippen molar-refractivity contribution in [2.45, 2.75) is 13.3 Å². The first kappa shape index (κ1) is 14.0. The number of amides is 1. The maximum absolute atomic E-state index is 13.5. The molecule has 0 fully saturated rings. The summed E-state index contributed by atoms with van der Waals surface area (Å²) >= 11 is 0. The van der Waals surface area contributed by atoms with Gasteiger partial charge in [0.05, 0.1) is 24.1 Å². The first-order chi connectivity index (χ1) is 9.72. The van der Waals surface area contributed by atoms with Gasteiger partial charge < -0.3 is 10.1 Å². The standard InChI is InChI=1S/C15H15FN2O2/c1-2-9-20-14-6-4-3-5-13(14)18-15(19)11-7-8-17-10-12(11)16/h3-8,10H,2,9H2,1H3,(H,18,19). The maximum Gasteiger partial charge on any atom is 0.258 e. The number of carbonyl (C=O) groups is 1. The number of para-hydroxylation sites is 2. The number of carbonyl (C=O) groups excluding carboxylic acids is 1. The zero-order valence-corrected chi connectivity index (χ0v) is 11.1. The molecule has 0 radical (unpaired) electrons. The molecule has 4 nitrogen and oxygen atoms in total. The van der Waals surface area contributed by atoms with E-state index in [0.717, 1.165) is 12.6 Å². The molecule has 0 aliphatic rings. The van der Waals surface area contributed by atoms with Crippen molar-refractivity contribution in [1.82, 2.24) is 4.98 Å². The summed E-state index contributed by atoms with van der Waals surface area (Å²) in [6.45, 7) is 2.55. The Labute approximate surface area is 116 Å². The Balaban J connectivity index is 2.18. The second kappa shape index (κ2) is 6.65. The molecule has 1 aromatic heterocycles. The number of ether oxygens (including phenoxy) is 1. The first-order valence-corrected chi connectivity index (χ1v) is 6.35. The average molecular weight is 274 g/mol. The highest BCUT2D eigenvalue weighted by Gasteiger charge is 2.13. The van der Waals surface area contributed by atoms with Crippen LogP contribution in [0.5, 0.6) is 5.75 Å². The highest BCUT2D eigenvalue weighted by molar-refractivity contribution is 6.05. The Kier molecular flexibility index (Phi) is 4.65. The monoisotopic (exact) mass is 274 g/mol. The minimum Gasteiger partial charge on any atom is -0.491 e. The van der Waals surface area contributed by atoms with Gasteiger partial charge in [0, 0.05) is 6.20 Å². The van der Waals surface area contributed by atoms with Crippen LogP contribution in [-0.2, 0) is 0 Å². The van der Waals surface area contributed by atoms with E-state index in [4.69, 9.17) is 4.74 Å². The lowest BCUT2D eigenvalue weighted by atomic mass is 10.2. The third-order valence-electron chi connectivity index (χ3n) is 2.61. The smallest absolute Gasteiger partial charge is 0.258 e. The molecular weight excluding hydrogens is 259 g/mol. The molecule has 1 heterocycles. The minimum atomic E-state index is -0.656. The SMILES string of the molecule is CCCOc1ccccc1NC(=O)c1ccncc1F. The molecule has 0 unspecified atom stereocenters. The van der Waals surface area contributed by atoms with Crippen molar-refractivity contribution in [3.8, 4) is 5.75 Å². The number of nitrogens with one attached hydrogen (secondary N) is 1.